The third-order valence-electron chi connectivity index (χ3n) is 4.38. The van der Waals surface area contributed by atoms with Crippen LogP contribution in [0.3, 0.4) is 0 Å². The number of hydrogen-bond donors (Lipinski definition) is 5. The second-order valence-electron chi connectivity index (χ2n) is 6.08. The zero-order valence-electron chi connectivity index (χ0n) is 14.3. The van der Waals surface area contributed by atoms with Crippen molar-refractivity contribution in [1.82, 2.24) is 19.5 Å². The maximum atomic E-state index is 10.2. The fraction of sp³-hybridized carbons (Fsp3) is 0.667. The summed E-state index contributed by atoms with van der Waals surface area (Å²) in [6.07, 6.45) is 1.35. The number of thioether (sulfide) groups is 1. The highest BCUT2D eigenvalue weighted by Gasteiger charge is 2.44. The number of nitrogens with zero attached hydrogens (tertiary/aromatic N) is 4. The minimum atomic E-state index is -1.22. The Hall–Kier alpha value is -1.50. The van der Waals surface area contributed by atoms with Gasteiger partial charge in [-0.25, -0.2) is 15.0 Å². The fourth-order valence-electron chi connectivity index (χ4n) is 2.92. The van der Waals surface area contributed by atoms with Crippen molar-refractivity contribution in [2.24, 2.45) is 0 Å². The van der Waals surface area contributed by atoms with Crippen LogP contribution in [0.25, 0.3) is 11.2 Å². The standard InChI is InChI=1S/C15H23N5O5S/c1-26-3-2-8(4-21)19-13-10-14(17-6-16-13)20(7-18-10)15-12(24)11(23)9(5-22)25-15/h6-9,11-12,15,21-24H,2-5H2,1H3,(H,16,17,19)/t8-,9+,11?,12?,15+/m0/s1. The quantitative estimate of drug-likeness (QED) is 0.382. The zero-order valence-corrected chi connectivity index (χ0v) is 15.1. The second-order valence-corrected chi connectivity index (χ2v) is 7.07. The molecule has 2 aromatic rings. The molecular weight excluding hydrogens is 362 g/mol. The molecule has 10 nitrogen and oxygen atoms in total. The topological polar surface area (TPSA) is 146 Å². The lowest BCUT2D eigenvalue weighted by molar-refractivity contribution is -0.0511. The van der Waals surface area contributed by atoms with Gasteiger partial charge in [0.25, 0.3) is 0 Å². The molecule has 1 saturated heterocycles. The van der Waals surface area contributed by atoms with Crippen molar-refractivity contribution in [1.29, 1.82) is 0 Å². The normalized spacial score (nSPS) is 27.1. The van der Waals surface area contributed by atoms with Crippen LogP contribution in [0.15, 0.2) is 12.7 Å². The van der Waals surface area contributed by atoms with E-state index in [1.165, 1.54) is 17.2 Å². The Morgan fingerprint density at radius 3 is 2.73 bits per heavy atom. The molecule has 1 aliphatic rings. The molecule has 0 radical (unpaired) electrons. The summed E-state index contributed by atoms with van der Waals surface area (Å²) in [5.74, 6) is 1.37. The largest absolute Gasteiger partial charge is 0.394 e. The first kappa shape index (κ1) is 19.3. The molecule has 26 heavy (non-hydrogen) atoms. The van der Waals surface area contributed by atoms with Crippen molar-refractivity contribution in [2.45, 2.75) is 37.0 Å². The van der Waals surface area contributed by atoms with Gasteiger partial charge in [-0.05, 0) is 18.4 Å². The number of aliphatic hydroxyl groups is 4. The number of rotatable bonds is 8. The van der Waals surface area contributed by atoms with Gasteiger partial charge >= 0.3 is 0 Å². The van der Waals surface area contributed by atoms with Gasteiger partial charge in [0, 0.05) is 0 Å². The third kappa shape index (κ3) is 3.63. The number of ether oxygens (including phenoxy) is 1. The van der Waals surface area contributed by atoms with Crippen LogP contribution in [-0.4, -0.2) is 89.5 Å². The Labute approximate surface area is 154 Å². The third-order valence-corrected chi connectivity index (χ3v) is 5.03. The first-order valence-electron chi connectivity index (χ1n) is 8.27. The van der Waals surface area contributed by atoms with Gasteiger partial charge in [-0.1, -0.05) is 0 Å². The number of nitrogens with one attached hydrogen (secondary N) is 1. The lowest BCUT2D eigenvalue weighted by Crippen LogP contribution is -2.33. The highest BCUT2D eigenvalue weighted by atomic mass is 32.2. The van der Waals surface area contributed by atoms with Crippen LogP contribution in [0.4, 0.5) is 5.82 Å². The van der Waals surface area contributed by atoms with E-state index in [0.717, 1.165) is 12.2 Å². The van der Waals surface area contributed by atoms with Crippen LogP contribution >= 0.6 is 11.8 Å². The smallest absolute Gasteiger partial charge is 0.167 e. The molecule has 0 aromatic carbocycles. The molecule has 0 spiro atoms. The minimum absolute atomic E-state index is 0.0401. The first-order valence-corrected chi connectivity index (χ1v) is 9.66. The number of hydrogen-bond acceptors (Lipinski definition) is 10. The molecule has 2 aromatic heterocycles. The fourth-order valence-corrected chi connectivity index (χ4v) is 3.44. The van der Waals surface area contributed by atoms with E-state index in [4.69, 9.17) is 4.74 Å². The van der Waals surface area contributed by atoms with Crippen LogP contribution in [0.2, 0.25) is 0 Å². The Morgan fingerprint density at radius 1 is 1.27 bits per heavy atom. The van der Waals surface area contributed by atoms with Gasteiger partial charge < -0.3 is 30.5 Å². The summed E-state index contributed by atoms with van der Waals surface area (Å²) in [6, 6.07) is -0.167. The highest BCUT2D eigenvalue weighted by Crippen LogP contribution is 2.32. The van der Waals surface area contributed by atoms with Crippen molar-refractivity contribution < 1.29 is 25.2 Å². The van der Waals surface area contributed by atoms with E-state index in [9.17, 15) is 20.4 Å². The molecule has 0 saturated carbocycles. The Balaban J connectivity index is 1.87. The molecule has 0 amide bonds. The van der Waals surface area contributed by atoms with Gasteiger partial charge in [-0.2, -0.15) is 11.8 Å². The summed E-state index contributed by atoms with van der Waals surface area (Å²) < 4.78 is 7.03. The summed E-state index contributed by atoms with van der Waals surface area (Å²) in [5.41, 5.74) is 0.881. The molecule has 11 heteroatoms. The molecule has 3 heterocycles. The predicted octanol–water partition coefficient (Wildman–Crippen LogP) is -1.04. The van der Waals surface area contributed by atoms with Crippen LogP contribution in [-0.2, 0) is 4.74 Å². The van der Waals surface area contributed by atoms with E-state index < -0.39 is 31.1 Å². The molecule has 5 atom stereocenters. The van der Waals surface area contributed by atoms with Crippen molar-refractivity contribution in [2.75, 3.05) is 30.5 Å². The van der Waals surface area contributed by atoms with Gasteiger partial charge in [-0.3, -0.25) is 4.57 Å². The second kappa shape index (κ2) is 8.46. The van der Waals surface area contributed by atoms with Crippen molar-refractivity contribution in [3.05, 3.63) is 12.7 Å². The summed E-state index contributed by atoms with van der Waals surface area (Å²) in [5, 5.41) is 42.1. The minimum Gasteiger partial charge on any atom is -0.394 e. The lowest BCUT2D eigenvalue weighted by Gasteiger charge is -2.18. The molecule has 2 unspecified atom stereocenters. The van der Waals surface area contributed by atoms with Crippen molar-refractivity contribution >= 4 is 28.7 Å². The van der Waals surface area contributed by atoms with Crippen LogP contribution < -0.4 is 5.32 Å². The molecule has 144 valence electrons. The maximum absolute atomic E-state index is 10.2. The number of aliphatic hydroxyl groups excluding tert-OH is 4. The zero-order chi connectivity index (χ0) is 18.7. The molecule has 1 fully saturated rings. The summed E-state index contributed by atoms with van der Waals surface area (Å²) in [4.78, 5) is 12.7. The Morgan fingerprint density at radius 2 is 2.08 bits per heavy atom. The lowest BCUT2D eigenvalue weighted by atomic mass is 10.1. The number of aromatic nitrogens is 4. The van der Waals surface area contributed by atoms with Crippen LogP contribution in [0.1, 0.15) is 12.6 Å². The SMILES string of the molecule is CSCC[C@@H](CO)Nc1ncnc2c1ncn2[C@@H]1O[C@H](CO)C(O)C1O. The van der Waals surface area contributed by atoms with E-state index in [1.54, 1.807) is 11.8 Å². The molecule has 0 aliphatic carbocycles. The average Bonchev–Trinajstić information content (AvgIpc) is 3.21. The van der Waals surface area contributed by atoms with Gasteiger partial charge in [0.2, 0.25) is 0 Å². The monoisotopic (exact) mass is 385 g/mol. The number of fused-ring (bicyclic) bond motifs is 1. The Kier molecular flexibility index (Phi) is 6.27. The van der Waals surface area contributed by atoms with Gasteiger partial charge in [0.1, 0.15) is 24.6 Å². The molecular formula is C15H23N5O5S. The number of anilines is 1. The molecule has 1 aliphatic heterocycles. The number of imidazole rings is 1. The predicted molar refractivity (Wildman–Crippen MR) is 95.8 cm³/mol. The molecule has 0 bridgehead atoms. The first-order chi connectivity index (χ1) is 12.6. The Bertz CT molecular complexity index is 732. The van der Waals surface area contributed by atoms with E-state index in [-0.39, 0.29) is 12.6 Å². The van der Waals surface area contributed by atoms with E-state index in [1.807, 2.05) is 6.26 Å². The molecule has 3 rings (SSSR count). The average molecular weight is 385 g/mol. The summed E-state index contributed by atoms with van der Waals surface area (Å²) >= 11 is 1.69. The van der Waals surface area contributed by atoms with E-state index in [2.05, 4.69) is 20.3 Å². The molecule has 5 N–H and O–H groups in total. The van der Waals surface area contributed by atoms with Gasteiger partial charge in [-0.15, -0.1) is 0 Å². The van der Waals surface area contributed by atoms with E-state index in [0.29, 0.717) is 17.0 Å². The van der Waals surface area contributed by atoms with E-state index >= 15 is 0 Å². The van der Waals surface area contributed by atoms with Gasteiger partial charge in [0.15, 0.2) is 23.2 Å². The van der Waals surface area contributed by atoms with Gasteiger partial charge in [0.05, 0.1) is 25.6 Å². The van der Waals surface area contributed by atoms with Crippen molar-refractivity contribution in [3.63, 3.8) is 0 Å². The van der Waals surface area contributed by atoms with Crippen LogP contribution in [0.5, 0.6) is 0 Å². The summed E-state index contributed by atoms with van der Waals surface area (Å²) in [6.45, 7) is -0.446. The summed E-state index contributed by atoms with van der Waals surface area (Å²) in [7, 11) is 0. The maximum Gasteiger partial charge on any atom is 0.167 e. The van der Waals surface area contributed by atoms with Crippen molar-refractivity contribution in [3.8, 4) is 0 Å². The highest BCUT2D eigenvalue weighted by molar-refractivity contribution is 7.98. The van der Waals surface area contributed by atoms with Crippen LogP contribution in [0, 0.1) is 0 Å².